The van der Waals surface area contributed by atoms with E-state index in [0.717, 1.165) is 0 Å². The molecule has 0 spiro atoms. The van der Waals surface area contributed by atoms with Crippen molar-refractivity contribution in [1.29, 1.82) is 0 Å². The number of hydroxylamine groups is 4. The highest BCUT2D eigenvalue weighted by Gasteiger charge is 2.20. The van der Waals surface area contributed by atoms with Crippen molar-refractivity contribution in [2.24, 2.45) is 0 Å². The number of morpholine rings is 2. The van der Waals surface area contributed by atoms with Crippen LogP contribution in [0.25, 0.3) is 0 Å². The van der Waals surface area contributed by atoms with E-state index in [1.54, 1.807) is 10.1 Å². The average molecular weight is 249 g/mol. The molecule has 2 aliphatic heterocycles. The summed E-state index contributed by atoms with van der Waals surface area (Å²) in [7, 11) is 0. The molecule has 2 heterocycles. The van der Waals surface area contributed by atoms with E-state index < -0.39 is 6.16 Å². The lowest BCUT2D eigenvalue weighted by Gasteiger charge is -2.27. The van der Waals surface area contributed by atoms with E-state index in [2.05, 4.69) is 0 Å². The summed E-state index contributed by atoms with van der Waals surface area (Å²) in [5.41, 5.74) is 0. The van der Waals surface area contributed by atoms with Crippen LogP contribution in [0.3, 0.4) is 0 Å². The van der Waals surface area contributed by atoms with Gasteiger partial charge in [-0.3, -0.25) is 0 Å². The Morgan fingerprint density at radius 3 is 1.53 bits per heavy atom. The molecule has 0 aromatic carbocycles. The molecule has 2 saturated heterocycles. The maximum Gasteiger partial charge on any atom is 0.547 e. The van der Waals surface area contributed by atoms with Crippen molar-refractivity contribution in [3.63, 3.8) is 0 Å². The molecule has 17 heavy (non-hydrogen) atoms. The molecule has 100 valence electrons. The van der Waals surface area contributed by atoms with Gasteiger partial charge in [-0.2, -0.15) is 4.79 Å². The normalized spacial score (nSPS) is 22.6. The molecule has 2 rings (SSSR count). The minimum Gasteiger partial charge on any atom is -0.379 e. The minimum absolute atomic E-state index is 0. The van der Waals surface area contributed by atoms with E-state index in [0.29, 0.717) is 52.6 Å². The summed E-state index contributed by atoms with van der Waals surface area (Å²) in [5.74, 6) is 0. The van der Waals surface area contributed by atoms with Gasteiger partial charge in [0.25, 0.3) is 0 Å². The topological polar surface area (TPSA) is 95.5 Å². The Labute approximate surface area is 99.8 Å². The maximum absolute atomic E-state index is 11.4. The van der Waals surface area contributed by atoms with Crippen molar-refractivity contribution in [3.8, 4) is 0 Å². The summed E-state index contributed by atoms with van der Waals surface area (Å²) in [6.07, 6.45) is -0.691. The molecule has 0 atom stereocenters. The molecule has 0 saturated carbocycles. The van der Waals surface area contributed by atoms with Crippen molar-refractivity contribution in [3.05, 3.63) is 0 Å². The maximum atomic E-state index is 11.4. The van der Waals surface area contributed by atoms with Gasteiger partial charge < -0.3 is 25.3 Å². The Morgan fingerprint density at radius 1 is 0.824 bits per heavy atom. The van der Waals surface area contributed by atoms with E-state index in [1.807, 2.05) is 0 Å². The SMILES string of the molecule is N.O=C(ON1CCOCC1)ON1CCOCC1. The van der Waals surface area contributed by atoms with E-state index in [-0.39, 0.29) is 6.15 Å². The Balaban J connectivity index is 0.00000144. The molecular formula is C9H19N3O5. The third kappa shape index (κ3) is 4.84. The highest BCUT2D eigenvalue weighted by Crippen LogP contribution is 2.03. The fourth-order valence-corrected chi connectivity index (χ4v) is 1.50. The molecule has 0 radical (unpaired) electrons. The summed E-state index contributed by atoms with van der Waals surface area (Å²) in [5, 5.41) is 3.10. The standard InChI is InChI=1S/C9H16N2O5.H3N/c12-9(15-10-1-5-13-6-2-10)16-11-3-7-14-8-4-11;/h1-8H2;1H3. The van der Waals surface area contributed by atoms with Crippen LogP contribution >= 0.6 is 0 Å². The highest BCUT2D eigenvalue weighted by molar-refractivity contribution is 5.59. The molecule has 0 bridgehead atoms. The van der Waals surface area contributed by atoms with Crippen LogP contribution in [0.15, 0.2) is 0 Å². The Hall–Kier alpha value is -0.930. The quantitative estimate of drug-likeness (QED) is 0.718. The Bertz CT molecular complexity index is 207. The summed E-state index contributed by atoms with van der Waals surface area (Å²) in [4.78, 5) is 21.4. The number of carbonyl (C=O) groups is 1. The van der Waals surface area contributed by atoms with Gasteiger partial charge in [-0.05, 0) is 0 Å². The number of ether oxygens (including phenoxy) is 2. The number of hydrogen-bond donors (Lipinski definition) is 1. The fraction of sp³-hybridized carbons (Fsp3) is 0.889. The van der Waals surface area contributed by atoms with E-state index in [4.69, 9.17) is 19.1 Å². The van der Waals surface area contributed by atoms with Crippen LogP contribution in [0.5, 0.6) is 0 Å². The molecule has 0 aromatic rings. The summed E-state index contributed by atoms with van der Waals surface area (Å²) < 4.78 is 10.3. The highest BCUT2D eigenvalue weighted by atomic mass is 16.9. The van der Waals surface area contributed by atoms with Crippen LogP contribution in [0.1, 0.15) is 0 Å². The second-order valence-electron chi connectivity index (χ2n) is 3.52. The molecule has 0 amide bonds. The van der Waals surface area contributed by atoms with Gasteiger partial charge in [-0.1, -0.05) is 0 Å². The predicted molar refractivity (Wildman–Crippen MR) is 57.4 cm³/mol. The van der Waals surface area contributed by atoms with Crippen molar-refractivity contribution in [2.45, 2.75) is 0 Å². The van der Waals surface area contributed by atoms with Crippen molar-refractivity contribution in [1.82, 2.24) is 16.3 Å². The zero-order valence-corrected chi connectivity index (χ0v) is 9.80. The third-order valence-electron chi connectivity index (χ3n) is 2.35. The van der Waals surface area contributed by atoms with Gasteiger partial charge in [-0.25, -0.2) is 0 Å². The lowest BCUT2D eigenvalue weighted by molar-refractivity contribution is -0.217. The van der Waals surface area contributed by atoms with E-state index >= 15 is 0 Å². The van der Waals surface area contributed by atoms with Crippen LogP contribution < -0.4 is 6.15 Å². The molecule has 0 unspecified atom stereocenters. The second kappa shape index (κ2) is 7.41. The zero-order valence-electron chi connectivity index (χ0n) is 9.80. The lowest BCUT2D eigenvalue weighted by Crippen LogP contribution is -2.42. The fourth-order valence-electron chi connectivity index (χ4n) is 1.50. The number of carbonyl (C=O) groups excluding carboxylic acids is 1. The number of hydrogen-bond acceptors (Lipinski definition) is 8. The van der Waals surface area contributed by atoms with Gasteiger partial charge in [0, 0.05) is 0 Å². The molecule has 0 aliphatic carbocycles. The van der Waals surface area contributed by atoms with Crippen molar-refractivity contribution in [2.75, 3.05) is 52.6 Å². The summed E-state index contributed by atoms with van der Waals surface area (Å²) in [6, 6.07) is 0. The summed E-state index contributed by atoms with van der Waals surface area (Å²) >= 11 is 0. The zero-order chi connectivity index (χ0) is 11.2. The van der Waals surface area contributed by atoms with Gasteiger partial charge >= 0.3 is 6.16 Å². The van der Waals surface area contributed by atoms with E-state index in [9.17, 15) is 4.79 Å². The van der Waals surface area contributed by atoms with Crippen molar-refractivity contribution < 1.29 is 23.9 Å². The van der Waals surface area contributed by atoms with Gasteiger partial charge in [0.15, 0.2) is 0 Å². The average Bonchev–Trinajstić information content (AvgIpc) is 2.31. The molecule has 3 N–H and O–H groups in total. The van der Waals surface area contributed by atoms with E-state index in [1.165, 1.54) is 0 Å². The van der Waals surface area contributed by atoms with Gasteiger partial charge in [0.2, 0.25) is 0 Å². The molecule has 0 aromatic heterocycles. The van der Waals surface area contributed by atoms with Crippen molar-refractivity contribution >= 4 is 6.16 Å². The van der Waals surface area contributed by atoms with Gasteiger partial charge in [0.05, 0.1) is 52.6 Å². The van der Waals surface area contributed by atoms with Crippen LogP contribution in [-0.2, 0) is 19.1 Å². The first-order chi connectivity index (χ1) is 7.84. The molecule has 2 fully saturated rings. The lowest BCUT2D eigenvalue weighted by atomic mass is 10.5. The monoisotopic (exact) mass is 249 g/mol. The first-order valence-electron chi connectivity index (χ1n) is 5.40. The largest absolute Gasteiger partial charge is 0.547 e. The van der Waals surface area contributed by atoms with Gasteiger partial charge in [0.1, 0.15) is 0 Å². The smallest absolute Gasteiger partial charge is 0.379 e. The van der Waals surface area contributed by atoms with Crippen LogP contribution in [0, 0.1) is 0 Å². The molecule has 8 nitrogen and oxygen atoms in total. The van der Waals surface area contributed by atoms with Crippen LogP contribution in [0.4, 0.5) is 4.79 Å². The third-order valence-corrected chi connectivity index (χ3v) is 2.35. The molecule has 2 aliphatic rings. The van der Waals surface area contributed by atoms with Crippen LogP contribution in [0.2, 0.25) is 0 Å². The summed E-state index contributed by atoms with van der Waals surface area (Å²) in [6.45, 7) is 4.62. The number of rotatable bonds is 2. The first-order valence-corrected chi connectivity index (χ1v) is 5.40. The molecular weight excluding hydrogens is 230 g/mol. The predicted octanol–water partition coefficient (Wildman–Crippen LogP) is -0.204. The van der Waals surface area contributed by atoms with Gasteiger partial charge in [-0.15, -0.1) is 10.1 Å². The molecule has 8 heteroatoms. The second-order valence-corrected chi connectivity index (χ2v) is 3.52. The first kappa shape index (κ1) is 14.1. The minimum atomic E-state index is -0.691. The number of nitrogens with zero attached hydrogens (tertiary/aromatic N) is 2. The Kier molecular flexibility index (Phi) is 6.16. The van der Waals surface area contributed by atoms with Crippen LogP contribution in [-0.4, -0.2) is 68.9 Å². The Morgan fingerprint density at radius 2 is 1.18 bits per heavy atom.